The fourth-order valence-electron chi connectivity index (χ4n) is 3.73. The van der Waals surface area contributed by atoms with Crippen LogP contribution in [-0.2, 0) is 0 Å². The summed E-state index contributed by atoms with van der Waals surface area (Å²) in [6.45, 7) is 0. The van der Waals surface area contributed by atoms with Crippen LogP contribution in [0.4, 0.5) is 29.1 Å². The van der Waals surface area contributed by atoms with Gasteiger partial charge in [-0.25, -0.2) is 9.07 Å². The second-order valence-corrected chi connectivity index (χ2v) is 7.41. The molecule has 2 atom stereocenters. The number of carbonyl (C=O) groups is 1. The Bertz CT molecular complexity index is 1160. The first-order chi connectivity index (χ1) is 15.7. The van der Waals surface area contributed by atoms with Crippen LogP contribution in [0.5, 0.6) is 11.5 Å². The lowest BCUT2D eigenvalue weighted by Gasteiger charge is -2.34. The molecule has 0 aliphatic carbocycles. The molecule has 1 amide bonds. The van der Waals surface area contributed by atoms with Crippen LogP contribution in [0.25, 0.3) is 0 Å². The zero-order valence-electron chi connectivity index (χ0n) is 17.6. The molecule has 11 heteroatoms. The maximum atomic E-state index is 13.8. The molecule has 2 heterocycles. The summed E-state index contributed by atoms with van der Waals surface area (Å²) >= 11 is 0. The molecule has 3 aromatic rings. The fourth-order valence-corrected chi connectivity index (χ4v) is 3.73. The van der Waals surface area contributed by atoms with Gasteiger partial charge in [-0.3, -0.25) is 4.79 Å². The van der Waals surface area contributed by atoms with Gasteiger partial charge in [0.05, 0.1) is 32.1 Å². The largest absolute Gasteiger partial charge is 0.497 e. The highest BCUT2D eigenvalue weighted by Gasteiger charge is 2.47. The van der Waals surface area contributed by atoms with E-state index >= 15 is 0 Å². The molecule has 174 valence electrons. The number of hydrogen-bond donors (Lipinski definition) is 2. The highest BCUT2D eigenvalue weighted by molar-refractivity contribution is 6.08. The van der Waals surface area contributed by atoms with E-state index < -0.39 is 30.0 Å². The maximum absolute atomic E-state index is 13.8. The predicted molar refractivity (Wildman–Crippen MR) is 112 cm³/mol. The minimum absolute atomic E-state index is 0.0751. The lowest BCUT2D eigenvalue weighted by molar-refractivity contribution is -0.173. The molecule has 0 radical (unpaired) electrons. The second-order valence-electron chi connectivity index (χ2n) is 7.41. The average molecular weight is 464 g/mol. The molecule has 1 aliphatic heterocycles. The first kappa shape index (κ1) is 22.4. The number of amides is 1. The van der Waals surface area contributed by atoms with Crippen LogP contribution in [0.3, 0.4) is 0 Å². The zero-order valence-corrected chi connectivity index (χ0v) is 17.6. The number of nitrogens with one attached hydrogen (secondary N) is 2. The number of aromatic nitrogens is 2. The molecule has 2 aromatic carbocycles. The molecule has 0 fully saturated rings. The van der Waals surface area contributed by atoms with E-state index in [-0.39, 0.29) is 17.8 Å². The minimum atomic E-state index is -4.60. The number of fused-ring (bicyclic) bond motifs is 1. The Balaban J connectivity index is 1.68. The lowest BCUT2D eigenvalue weighted by Crippen LogP contribution is -2.36. The number of halogens is 4. The van der Waals surface area contributed by atoms with Crippen LogP contribution in [0.2, 0.25) is 0 Å². The van der Waals surface area contributed by atoms with E-state index in [0.29, 0.717) is 22.7 Å². The van der Waals surface area contributed by atoms with Gasteiger partial charge in [-0.1, -0.05) is 12.1 Å². The maximum Gasteiger partial charge on any atom is 0.410 e. The van der Waals surface area contributed by atoms with E-state index in [1.54, 1.807) is 18.2 Å². The summed E-state index contributed by atoms with van der Waals surface area (Å²) in [5.41, 5.74) is 0.691. The smallest absolute Gasteiger partial charge is 0.410 e. The topological polar surface area (TPSA) is 77.4 Å². The van der Waals surface area contributed by atoms with Crippen molar-refractivity contribution in [2.24, 2.45) is 0 Å². The lowest BCUT2D eigenvalue weighted by atomic mass is 9.96. The Hall–Kier alpha value is -3.76. The normalized spacial score (nSPS) is 17.6. The summed E-state index contributed by atoms with van der Waals surface area (Å²) in [5.74, 6) is -0.435. The molecular weight excluding hydrogens is 444 g/mol. The molecular formula is C22H20F4N4O3. The number of methoxy groups -OCH3 is 2. The number of hydrogen-bond acceptors (Lipinski definition) is 5. The van der Waals surface area contributed by atoms with E-state index in [2.05, 4.69) is 15.7 Å². The third-order valence-corrected chi connectivity index (χ3v) is 5.41. The quantitative estimate of drug-likeness (QED) is 0.523. The van der Waals surface area contributed by atoms with E-state index in [9.17, 15) is 22.4 Å². The molecule has 1 aromatic heterocycles. The van der Waals surface area contributed by atoms with Crippen LogP contribution in [0, 0.1) is 5.82 Å². The molecule has 33 heavy (non-hydrogen) atoms. The van der Waals surface area contributed by atoms with Gasteiger partial charge in [-0.2, -0.15) is 18.3 Å². The summed E-state index contributed by atoms with van der Waals surface area (Å²) in [4.78, 5) is 13.0. The Morgan fingerprint density at radius 2 is 1.88 bits per heavy atom. The summed E-state index contributed by atoms with van der Waals surface area (Å²) in [6.07, 6.45) is -3.88. The molecule has 0 spiro atoms. The Morgan fingerprint density at radius 1 is 1.15 bits per heavy atom. The van der Waals surface area contributed by atoms with Crippen molar-refractivity contribution in [3.63, 3.8) is 0 Å². The fraction of sp³-hybridized carbons (Fsp3) is 0.273. The van der Waals surface area contributed by atoms with Gasteiger partial charge in [-0.15, -0.1) is 0 Å². The van der Waals surface area contributed by atoms with Crippen molar-refractivity contribution in [1.29, 1.82) is 0 Å². The third-order valence-electron chi connectivity index (χ3n) is 5.41. The second kappa shape index (κ2) is 8.64. The van der Waals surface area contributed by atoms with Crippen molar-refractivity contribution in [1.82, 2.24) is 9.78 Å². The van der Waals surface area contributed by atoms with Gasteiger partial charge in [0.1, 0.15) is 28.7 Å². The van der Waals surface area contributed by atoms with Crippen LogP contribution in [-0.4, -0.2) is 36.1 Å². The first-order valence-electron chi connectivity index (χ1n) is 9.91. The molecule has 0 saturated heterocycles. The molecule has 4 rings (SSSR count). The number of ether oxygens (including phenoxy) is 2. The Labute approximate surface area is 186 Å². The van der Waals surface area contributed by atoms with Gasteiger partial charge in [-0.05, 0) is 29.8 Å². The van der Waals surface area contributed by atoms with Crippen LogP contribution in [0.1, 0.15) is 34.4 Å². The number of carbonyl (C=O) groups excluding carboxylic acids is 1. The zero-order chi connectivity index (χ0) is 23.8. The minimum Gasteiger partial charge on any atom is -0.497 e. The molecule has 7 nitrogen and oxygen atoms in total. The third kappa shape index (κ3) is 4.43. The first-order valence-corrected chi connectivity index (χ1v) is 9.91. The Kier molecular flexibility index (Phi) is 5.88. The molecule has 0 unspecified atom stereocenters. The average Bonchev–Trinajstić information content (AvgIpc) is 3.22. The molecule has 2 N–H and O–H groups in total. The summed E-state index contributed by atoms with van der Waals surface area (Å²) < 4.78 is 65.9. The van der Waals surface area contributed by atoms with Crippen molar-refractivity contribution >= 4 is 17.4 Å². The van der Waals surface area contributed by atoms with Crippen molar-refractivity contribution in [3.05, 3.63) is 65.6 Å². The monoisotopic (exact) mass is 464 g/mol. The van der Waals surface area contributed by atoms with Gasteiger partial charge in [0.25, 0.3) is 5.91 Å². The highest BCUT2D eigenvalue weighted by atomic mass is 19.4. The van der Waals surface area contributed by atoms with Crippen molar-refractivity contribution in [2.75, 3.05) is 24.9 Å². The van der Waals surface area contributed by atoms with Gasteiger partial charge in [0.15, 0.2) is 6.04 Å². The number of anilines is 2. The molecule has 0 saturated carbocycles. The number of alkyl halides is 3. The van der Waals surface area contributed by atoms with Gasteiger partial charge < -0.3 is 20.1 Å². The van der Waals surface area contributed by atoms with Crippen LogP contribution < -0.4 is 20.1 Å². The van der Waals surface area contributed by atoms with E-state index in [4.69, 9.17) is 9.47 Å². The predicted octanol–water partition coefficient (Wildman–Crippen LogP) is 4.95. The summed E-state index contributed by atoms with van der Waals surface area (Å²) in [5, 5.41) is 9.44. The van der Waals surface area contributed by atoms with Crippen molar-refractivity contribution < 1.29 is 31.8 Å². The summed E-state index contributed by atoms with van der Waals surface area (Å²) in [6, 6.07) is 7.13. The molecule has 1 aliphatic rings. The van der Waals surface area contributed by atoms with E-state index in [1.807, 2.05) is 0 Å². The van der Waals surface area contributed by atoms with Crippen LogP contribution in [0.15, 0.2) is 48.7 Å². The number of rotatable bonds is 5. The number of nitrogens with zero attached hydrogens (tertiary/aromatic N) is 2. The van der Waals surface area contributed by atoms with Crippen LogP contribution >= 0.6 is 0 Å². The highest BCUT2D eigenvalue weighted by Crippen LogP contribution is 2.44. The molecule has 0 bridgehead atoms. The summed E-state index contributed by atoms with van der Waals surface area (Å²) in [7, 11) is 2.89. The van der Waals surface area contributed by atoms with Gasteiger partial charge in [0.2, 0.25) is 0 Å². The van der Waals surface area contributed by atoms with Crippen molar-refractivity contribution in [2.45, 2.75) is 24.7 Å². The van der Waals surface area contributed by atoms with Gasteiger partial charge in [0, 0.05) is 12.5 Å². The number of benzene rings is 2. The standard InChI is InChI=1S/C22H20F4N4O3/c1-32-14-7-8-16(18(9-14)33-2)29-21(31)15-11-27-30-19(22(24,25)26)10-17(28-20(15)30)12-3-5-13(23)6-4-12/h3-9,11,17,19,28H,10H2,1-2H3,(H,29,31)/t17-,19+/m1/s1. The SMILES string of the molecule is COc1ccc(NC(=O)c2cnn3c2N[C@@H](c2ccc(F)cc2)C[C@H]3C(F)(F)F)c(OC)c1. The van der Waals surface area contributed by atoms with E-state index in [0.717, 1.165) is 10.9 Å². The van der Waals surface area contributed by atoms with Crippen molar-refractivity contribution in [3.8, 4) is 11.5 Å². The van der Waals surface area contributed by atoms with Gasteiger partial charge >= 0.3 is 6.18 Å². The Morgan fingerprint density at radius 3 is 2.52 bits per heavy atom. The van der Waals surface area contributed by atoms with E-state index in [1.165, 1.54) is 38.5 Å².